The number of carbonyl (C=O) groups is 1. The van der Waals surface area contributed by atoms with Gasteiger partial charge in [0.25, 0.3) is 0 Å². The van der Waals surface area contributed by atoms with Crippen LogP contribution in [-0.4, -0.2) is 17.7 Å². The van der Waals surface area contributed by atoms with Crippen molar-refractivity contribution in [1.29, 1.82) is 0 Å². The molecule has 1 aromatic carbocycles. The average molecular weight is 300 g/mol. The number of anilines is 1. The summed E-state index contributed by atoms with van der Waals surface area (Å²) in [5, 5.41) is 0.0280. The Morgan fingerprint density at radius 1 is 1.50 bits per heavy atom. The maximum absolute atomic E-state index is 12.1. The summed E-state index contributed by atoms with van der Waals surface area (Å²) < 4.78 is 1.02. The van der Waals surface area contributed by atoms with Gasteiger partial charge < -0.3 is 4.90 Å². The third kappa shape index (κ3) is 2.13. The number of rotatable bonds is 2. The van der Waals surface area contributed by atoms with Crippen LogP contribution in [0.5, 0.6) is 0 Å². The molecular formula is C12H14BrNOS. The lowest BCUT2D eigenvalue weighted by Gasteiger charge is -2.32. The summed E-state index contributed by atoms with van der Waals surface area (Å²) in [5.74, 6) is 0.220. The zero-order valence-corrected chi connectivity index (χ0v) is 11.8. The van der Waals surface area contributed by atoms with Gasteiger partial charge in [-0.15, -0.1) is 11.8 Å². The van der Waals surface area contributed by atoms with E-state index in [-0.39, 0.29) is 11.2 Å². The number of halogens is 1. The molecule has 0 saturated carbocycles. The predicted molar refractivity (Wildman–Crippen MR) is 72.1 cm³/mol. The highest BCUT2D eigenvalue weighted by Crippen LogP contribution is 2.40. The quantitative estimate of drug-likeness (QED) is 0.830. The van der Waals surface area contributed by atoms with E-state index >= 15 is 0 Å². The van der Waals surface area contributed by atoms with E-state index < -0.39 is 0 Å². The summed E-state index contributed by atoms with van der Waals surface area (Å²) in [6.07, 6.45) is 0.981. The van der Waals surface area contributed by atoms with Crippen LogP contribution >= 0.6 is 27.7 Å². The Balaban J connectivity index is 2.45. The van der Waals surface area contributed by atoms with E-state index in [1.807, 2.05) is 24.0 Å². The zero-order chi connectivity index (χ0) is 11.7. The van der Waals surface area contributed by atoms with Gasteiger partial charge >= 0.3 is 0 Å². The minimum Gasteiger partial charge on any atom is -0.310 e. The number of thioether (sulfide) groups is 1. The molecule has 2 nitrogen and oxygen atoms in total. The van der Waals surface area contributed by atoms with Gasteiger partial charge in [-0.3, -0.25) is 4.79 Å². The highest BCUT2D eigenvalue weighted by molar-refractivity contribution is 9.10. The molecule has 2 rings (SSSR count). The molecular weight excluding hydrogens is 286 g/mol. The summed E-state index contributed by atoms with van der Waals surface area (Å²) in [7, 11) is 0. The molecule has 0 radical (unpaired) electrons. The molecule has 1 atom stereocenters. The van der Waals surface area contributed by atoms with Crippen LogP contribution < -0.4 is 4.90 Å². The van der Waals surface area contributed by atoms with Crippen molar-refractivity contribution in [3.8, 4) is 0 Å². The third-order valence-corrected chi connectivity index (χ3v) is 4.22. The second-order valence-electron chi connectivity index (χ2n) is 3.86. The van der Waals surface area contributed by atoms with Gasteiger partial charge in [0.05, 0.1) is 10.9 Å². The van der Waals surface area contributed by atoms with Crippen LogP contribution in [0.25, 0.3) is 0 Å². The first-order chi connectivity index (χ1) is 7.63. The largest absolute Gasteiger partial charge is 0.310 e. The lowest BCUT2D eigenvalue weighted by Crippen LogP contribution is -2.40. The van der Waals surface area contributed by atoms with E-state index in [1.54, 1.807) is 11.8 Å². The van der Waals surface area contributed by atoms with Crippen LogP contribution in [0, 0.1) is 0 Å². The maximum Gasteiger partial charge on any atom is 0.240 e. The molecule has 0 bridgehead atoms. The SMILES string of the molecule is CCCN1C(=O)C(C)Sc2ccc(Br)cc21. The topological polar surface area (TPSA) is 20.3 Å². The fraction of sp³-hybridized carbons (Fsp3) is 0.417. The van der Waals surface area contributed by atoms with Crippen molar-refractivity contribution in [2.45, 2.75) is 30.4 Å². The Bertz CT molecular complexity index is 421. The first-order valence-electron chi connectivity index (χ1n) is 5.41. The van der Waals surface area contributed by atoms with Gasteiger partial charge in [-0.05, 0) is 31.5 Å². The van der Waals surface area contributed by atoms with E-state index in [2.05, 4.69) is 28.9 Å². The van der Waals surface area contributed by atoms with Crippen LogP contribution in [0.15, 0.2) is 27.6 Å². The van der Waals surface area contributed by atoms with Crippen molar-refractivity contribution in [3.63, 3.8) is 0 Å². The van der Waals surface area contributed by atoms with Crippen molar-refractivity contribution in [3.05, 3.63) is 22.7 Å². The molecule has 1 aliphatic rings. The molecule has 86 valence electrons. The summed E-state index contributed by atoms with van der Waals surface area (Å²) in [4.78, 5) is 15.2. The second kappa shape index (κ2) is 4.80. The smallest absolute Gasteiger partial charge is 0.240 e. The number of carbonyl (C=O) groups excluding carboxylic acids is 1. The van der Waals surface area contributed by atoms with Gasteiger partial charge in [-0.25, -0.2) is 0 Å². The molecule has 0 aromatic heterocycles. The Morgan fingerprint density at radius 3 is 2.94 bits per heavy atom. The number of amides is 1. The van der Waals surface area contributed by atoms with Crippen molar-refractivity contribution >= 4 is 39.3 Å². The molecule has 0 spiro atoms. The number of fused-ring (bicyclic) bond motifs is 1. The van der Waals surface area contributed by atoms with Gasteiger partial charge in [-0.1, -0.05) is 22.9 Å². The van der Waals surface area contributed by atoms with E-state index in [4.69, 9.17) is 0 Å². The van der Waals surface area contributed by atoms with E-state index in [1.165, 1.54) is 4.90 Å². The third-order valence-electron chi connectivity index (χ3n) is 2.58. The number of hydrogen-bond acceptors (Lipinski definition) is 2. The average Bonchev–Trinajstić information content (AvgIpc) is 2.26. The Morgan fingerprint density at radius 2 is 2.25 bits per heavy atom. The first-order valence-corrected chi connectivity index (χ1v) is 7.08. The predicted octanol–water partition coefficient (Wildman–Crippen LogP) is 3.69. The van der Waals surface area contributed by atoms with Crippen LogP contribution in [0.2, 0.25) is 0 Å². The molecule has 16 heavy (non-hydrogen) atoms. The van der Waals surface area contributed by atoms with Crippen LogP contribution in [0.1, 0.15) is 20.3 Å². The standard InChI is InChI=1S/C12H14BrNOS/c1-3-6-14-10-7-9(13)4-5-11(10)16-8(2)12(14)15/h4-5,7-8H,3,6H2,1-2H3. The minimum absolute atomic E-state index is 0.0280. The van der Waals surface area contributed by atoms with Gasteiger partial charge in [0.2, 0.25) is 5.91 Å². The minimum atomic E-state index is 0.0280. The molecule has 4 heteroatoms. The monoisotopic (exact) mass is 299 g/mol. The number of hydrogen-bond donors (Lipinski definition) is 0. The fourth-order valence-corrected chi connectivity index (χ4v) is 3.23. The molecule has 1 heterocycles. The highest BCUT2D eigenvalue weighted by Gasteiger charge is 2.29. The van der Waals surface area contributed by atoms with Crippen LogP contribution in [0.4, 0.5) is 5.69 Å². The summed E-state index contributed by atoms with van der Waals surface area (Å²) in [6.45, 7) is 4.87. The Labute approximate surface area is 109 Å². The van der Waals surface area contributed by atoms with Gasteiger partial charge in [0.15, 0.2) is 0 Å². The molecule has 0 saturated heterocycles. The fourth-order valence-electron chi connectivity index (χ4n) is 1.83. The molecule has 1 unspecified atom stereocenters. The highest BCUT2D eigenvalue weighted by atomic mass is 79.9. The van der Waals surface area contributed by atoms with Crippen molar-refractivity contribution in [2.24, 2.45) is 0 Å². The lowest BCUT2D eigenvalue weighted by atomic mass is 10.2. The van der Waals surface area contributed by atoms with Crippen molar-refractivity contribution in [1.82, 2.24) is 0 Å². The van der Waals surface area contributed by atoms with E-state index in [0.717, 1.165) is 23.1 Å². The molecule has 1 aromatic rings. The summed E-state index contributed by atoms with van der Waals surface area (Å²) in [5.41, 5.74) is 1.05. The molecule has 0 fully saturated rings. The van der Waals surface area contributed by atoms with Crippen molar-refractivity contribution in [2.75, 3.05) is 11.4 Å². The molecule has 1 aliphatic heterocycles. The van der Waals surface area contributed by atoms with Gasteiger partial charge in [0.1, 0.15) is 0 Å². The molecule has 0 N–H and O–H groups in total. The van der Waals surface area contributed by atoms with E-state index in [0.29, 0.717) is 0 Å². The maximum atomic E-state index is 12.1. The zero-order valence-electron chi connectivity index (χ0n) is 9.37. The Kier molecular flexibility index (Phi) is 3.60. The summed E-state index contributed by atoms with van der Waals surface area (Å²) in [6, 6.07) is 6.13. The lowest BCUT2D eigenvalue weighted by molar-refractivity contribution is -0.118. The van der Waals surface area contributed by atoms with Crippen LogP contribution in [-0.2, 0) is 4.79 Å². The molecule has 0 aliphatic carbocycles. The van der Waals surface area contributed by atoms with Gasteiger partial charge in [0, 0.05) is 15.9 Å². The number of nitrogens with zero attached hydrogens (tertiary/aromatic N) is 1. The van der Waals surface area contributed by atoms with Crippen molar-refractivity contribution < 1.29 is 4.79 Å². The molecule has 1 amide bonds. The normalized spacial score (nSPS) is 19.8. The van der Waals surface area contributed by atoms with E-state index in [9.17, 15) is 4.79 Å². The second-order valence-corrected chi connectivity index (χ2v) is 6.16. The van der Waals surface area contributed by atoms with Gasteiger partial charge in [-0.2, -0.15) is 0 Å². The van der Waals surface area contributed by atoms with Crippen LogP contribution in [0.3, 0.4) is 0 Å². The first kappa shape index (κ1) is 12.0. The Hall–Kier alpha value is -0.480. The summed E-state index contributed by atoms with van der Waals surface area (Å²) >= 11 is 5.10. The number of benzene rings is 1.